The maximum atomic E-state index is 10.9. The van der Waals surface area contributed by atoms with Crippen molar-refractivity contribution in [1.82, 2.24) is 0 Å². The third-order valence-corrected chi connectivity index (χ3v) is 3.15. The zero-order chi connectivity index (χ0) is 8.55. The molecule has 0 spiro atoms. The summed E-state index contributed by atoms with van der Waals surface area (Å²) in [5.74, 6) is 1.59. The van der Waals surface area contributed by atoms with Gasteiger partial charge in [0.15, 0.2) is 0 Å². The molecule has 2 nitrogen and oxygen atoms in total. The molecule has 2 saturated carbocycles. The molecule has 0 aromatic heterocycles. The average Bonchev–Trinajstić information content (AvgIpc) is 2.30. The summed E-state index contributed by atoms with van der Waals surface area (Å²) >= 11 is 0. The fraction of sp³-hybridized carbons (Fsp3) is 0.700. The van der Waals surface area contributed by atoms with Crippen molar-refractivity contribution in [2.24, 2.45) is 11.8 Å². The third kappa shape index (κ3) is 1.26. The summed E-state index contributed by atoms with van der Waals surface area (Å²) in [6, 6.07) is 0. The van der Waals surface area contributed by atoms with Crippen molar-refractivity contribution in [1.29, 1.82) is 0 Å². The molecule has 0 unspecified atom stereocenters. The first kappa shape index (κ1) is 7.84. The summed E-state index contributed by atoms with van der Waals surface area (Å²) in [4.78, 5) is 10.9. The van der Waals surface area contributed by atoms with Crippen LogP contribution in [0.5, 0.6) is 0 Å². The Balaban J connectivity index is 1.97. The predicted octanol–water partition coefficient (Wildman–Crippen LogP) is 1.91. The van der Waals surface area contributed by atoms with Crippen LogP contribution in [-0.4, -0.2) is 13.1 Å². The van der Waals surface area contributed by atoms with E-state index in [1.807, 2.05) is 0 Å². The van der Waals surface area contributed by atoms with Gasteiger partial charge in [0.2, 0.25) is 0 Å². The molecule has 2 atom stereocenters. The van der Waals surface area contributed by atoms with E-state index in [1.54, 1.807) is 6.08 Å². The number of hydrogen-bond acceptors (Lipinski definition) is 2. The lowest BCUT2D eigenvalue weighted by molar-refractivity contribution is -0.134. The average molecular weight is 166 g/mol. The number of carbonyl (C=O) groups is 1. The van der Waals surface area contributed by atoms with Crippen LogP contribution in [0.15, 0.2) is 11.6 Å². The highest BCUT2D eigenvalue weighted by Gasteiger charge is 2.37. The Kier molecular flexibility index (Phi) is 1.91. The summed E-state index contributed by atoms with van der Waals surface area (Å²) in [6.07, 6.45) is 6.68. The number of esters is 1. The molecular formula is C10H14O2. The van der Waals surface area contributed by atoms with Gasteiger partial charge in [-0.1, -0.05) is 5.57 Å². The highest BCUT2D eigenvalue weighted by Crippen LogP contribution is 2.49. The SMILES string of the molecule is COC(=O)/C=C1/C[C@H]2CC[C@H]2C1. The van der Waals surface area contributed by atoms with Gasteiger partial charge >= 0.3 is 5.97 Å². The fourth-order valence-electron chi connectivity index (χ4n) is 2.28. The minimum Gasteiger partial charge on any atom is -0.466 e. The largest absolute Gasteiger partial charge is 0.466 e. The van der Waals surface area contributed by atoms with Crippen LogP contribution in [0.1, 0.15) is 25.7 Å². The predicted molar refractivity (Wildman–Crippen MR) is 45.5 cm³/mol. The van der Waals surface area contributed by atoms with Gasteiger partial charge in [0, 0.05) is 6.08 Å². The minimum atomic E-state index is -0.189. The van der Waals surface area contributed by atoms with Crippen molar-refractivity contribution >= 4 is 5.97 Å². The zero-order valence-electron chi connectivity index (χ0n) is 7.38. The Morgan fingerprint density at radius 2 is 2.00 bits per heavy atom. The molecule has 0 bridgehead atoms. The molecular weight excluding hydrogens is 152 g/mol. The maximum Gasteiger partial charge on any atom is 0.330 e. The second-order valence-corrected chi connectivity index (χ2v) is 3.83. The van der Waals surface area contributed by atoms with Gasteiger partial charge in [-0.3, -0.25) is 0 Å². The van der Waals surface area contributed by atoms with Gasteiger partial charge in [0.1, 0.15) is 0 Å². The number of hydrogen-bond donors (Lipinski definition) is 0. The number of ether oxygens (including phenoxy) is 1. The summed E-state index contributed by atoms with van der Waals surface area (Å²) in [7, 11) is 1.43. The summed E-state index contributed by atoms with van der Waals surface area (Å²) < 4.78 is 4.59. The van der Waals surface area contributed by atoms with Gasteiger partial charge in [-0.05, 0) is 37.5 Å². The summed E-state index contributed by atoms with van der Waals surface area (Å²) in [5, 5.41) is 0. The summed E-state index contributed by atoms with van der Waals surface area (Å²) in [6.45, 7) is 0. The molecule has 0 aromatic rings. The van der Waals surface area contributed by atoms with Crippen LogP contribution in [0.25, 0.3) is 0 Å². The number of allylic oxidation sites excluding steroid dienone is 1. The first-order valence-corrected chi connectivity index (χ1v) is 4.57. The molecule has 2 aliphatic carbocycles. The molecule has 0 saturated heterocycles. The molecule has 0 radical (unpaired) electrons. The Morgan fingerprint density at radius 1 is 1.42 bits per heavy atom. The topological polar surface area (TPSA) is 26.3 Å². The Hall–Kier alpha value is -0.790. The normalized spacial score (nSPS) is 35.9. The van der Waals surface area contributed by atoms with Crippen molar-refractivity contribution in [2.45, 2.75) is 25.7 Å². The Morgan fingerprint density at radius 3 is 2.42 bits per heavy atom. The molecule has 0 aliphatic heterocycles. The third-order valence-electron chi connectivity index (χ3n) is 3.15. The van der Waals surface area contributed by atoms with Gasteiger partial charge in [-0.25, -0.2) is 4.79 Å². The molecule has 2 rings (SSSR count). The Bertz CT molecular complexity index is 216. The minimum absolute atomic E-state index is 0.189. The van der Waals surface area contributed by atoms with Gasteiger partial charge in [-0.2, -0.15) is 0 Å². The van der Waals surface area contributed by atoms with Crippen LogP contribution >= 0.6 is 0 Å². The van der Waals surface area contributed by atoms with E-state index in [0.29, 0.717) is 0 Å². The van der Waals surface area contributed by atoms with Gasteiger partial charge < -0.3 is 4.74 Å². The van der Waals surface area contributed by atoms with E-state index in [-0.39, 0.29) is 5.97 Å². The number of methoxy groups -OCH3 is 1. The van der Waals surface area contributed by atoms with Crippen molar-refractivity contribution in [3.8, 4) is 0 Å². The van der Waals surface area contributed by atoms with Gasteiger partial charge in [0.05, 0.1) is 7.11 Å². The zero-order valence-corrected chi connectivity index (χ0v) is 7.38. The number of fused-ring (bicyclic) bond motifs is 1. The molecule has 0 heterocycles. The van der Waals surface area contributed by atoms with Crippen LogP contribution in [-0.2, 0) is 9.53 Å². The molecule has 2 fully saturated rings. The van der Waals surface area contributed by atoms with E-state index < -0.39 is 0 Å². The van der Waals surface area contributed by atoms with Crippen LogP contribution in [0.4, 0.5) is 0 Å². The van der Waals surface area contributed by atoms with Crippen LogP contribution in [0.2, 0.25) is 0 Å². The van der Waals surface area contributed by atoms with E-state index in [1.165, 1.54) is 25.5 Å². The first-order valence-electron chi connectivity index (χ1n) is 4.57. The van der Waals surface area contributed by atoms with Crippen molar-refractivity contribution < 1.29 is 9.53 Å². The van der Waals surface area contributed by atoms with Gasteiger partial charge in [-0.15, -0.1) is 0 Å². The molecule has 0 amide bonds. The number of rotatable bonds is 1. The van der Waals surface area contributed by atoms with Crippen molar-refractivity contribution in [3.05, 3.63) is 11.6 Å². The van der Waals surface area contributed by atoms with E-state index in [0.717, 1.165) is 24.7 Å². The molecule has 2 heteroatoms. The monoisotopic (exact) mass is 166 g/mol. The Labute approximate surface area is 72.6 Å². The highest BCUT2D eigenvalue weighted by molar-refractivity contribution is 5.82. The van der Waals surface area contributed by atoms with Crippen molar-refractivity contribution in [2.75, 3.05) is 7.11 Å². The van der Waals surface area contributed by atoms with Crippen LogP contribution in [0, 0.1) is 11.8 Å². The standard InChI is InChI=1S/C10H14O2/c1-12-10(11)6-7-4-8-2-3-9(8)5-7/h6,8-9H,2-5H2,1H3/b7-6-/t8-,9+/m1/s1. The van der Waals surface area contributed by atoms with Crippen molar-refractivity contribution in [3.63, 3.8) is 0 Å². The highest BCUT2D eigenvalue weighted by atomic mass is 16.5. The molecule has 2 aliphatic rings. The second-order valence-electron chi connectivity index (χ2n) is 3.83. The molecule has 66 valence electrons. The smallest absolute Gasteiger partial charge is 0.330 e. The molecule has 12 heavy (non-hydrogen) atoms. The van der Waals surface area contributed by atoms with E-state index in [2.05, 4.69) is 4.74 Å². The fourth-order valence-corrected chi connectivity index (χ4v) is 2.28. The lowest BCUT2D eigenvalue weighted by Crippen LogP contribution is -2.18. The van der Waals surface area contributed by atoms with Crippen LogP contribution < -0.4 is 0 Å². The quantitative estimate of drug-likeness (QED) is 0.439. The lowest BCUT2D eigenvalue weighted by atomic mass is 9.77. The second kappa shape index (κ2) is 2.92. The van der Waals surface area contributed by atoms with E-state index >= 15 is 0 Å². The maximum absolute atomic E-state index is 10.9. The molecule has 0 aromatic carbocycles. The number of carbonyl (C=O) groups excluding carboxylic acids is 1. The summed E-state index contributed by atoms with van der Waals surface area (Å²) in [5.41, 5.74) is 1.30. The first-order chi connectivity index (χ1) is 5.79. The van der Waals surface area contributed by atoms with Gasteiger partial charge in [0.25, 0.3) is 0 Å². The lowest BCUT2D eigenvalue weighted by Gasteiger charge is -2.28. The molecule has 0 N–H and O–H groups in total. The van der Waals surface area contributed by atoms with Crippen LogP contribution in [0.3, 0.4) is 0 Å². The van der Waals surface area contributed by atoms with E-state index in [4.69, 9.17) is 0 Å². The van der Waals surface area contributed by atoms with E-state index in [9.17, 15) is 4.79 Å².